The van der Waals surface area contributed by atoms with Crippen molar-refractivity contribution < 1.29 is 4.74 Å². The first-order valence-electron chi connectivity index (χ1n) is 7.75. The Balaban J connectivity index is 1.91. The van der Waals surface area contributed by atoms with Crippen LogP contribution in [0.4, 0.5) is 0 Å². The van der Waals surface area contributed by atoms with Gasteiger partial charge in [-0.3, -0.25) is 0 Å². The lowest BCUT2D eigenvalue weighted by Crippen LogP contribution is -2.35. The molecule has 1 aliphatic rings. The van der Waals surface area contributed by atoms with Gasteiger partial charge in [-0.25, -0.2) is 0 Å². The highest BCUT2D eigenvalue weighted by atomic mass is 16.5. The average molecular weight is 256 g/mol. The SMILES string of the molecule is CCCN1CCC(COCCCNC(C)C)CC1. The molecule has 0 bridgehead atoms. The fraction of sp³-hybridized carbons (Fsp3) is 1.00. The summed E-state index contributed by atoms with van der Waals surface area (Å²) in [5.74, 6) is 0.802. The van der Waals surface area contributed by atoms with Crippen LogP contribution in [0.5, 0.6) is 0 Å². The van der Waals surface area contributed by atoms with E-state index in [-0.39, 0.29) is 0 Å². The maximum absolute atomic E-state index is 5.79. The third-order valence-corrected chi connectivity index (χ3v) is 3.62. The van der Waals surface area contributed by atoms with E-state index in [0.717, 1.165) is 32.1 Å². The molecular formula is C15H32N2O. The number of hydrogen-bond donors (Lipinski definition) is 1. The maximum atomic E-state index is 5.79. The second-order valence-electron chi connectivity index (χ2n) is 5.82. The normalized spacial score (nSPS) is 18.7. The van der Waals surface area contributed by atoms with Crippen molar-refractivity contribution in [3.8, 4) is 0 Å². The zero-order chi connectivity index (χ0) is 13.2. The summed E-state index contributed by atoms with van der Waals surface area (Å²) in [7, 11) is 0. The van der Waals surface area contributed by atoms with Crippen molar-refractivity contribution in [1.82, 2.24) is 10.2 Å². The summed E-state index contributed by atoms with van der Waals surface area (Å²) in [5, 5.41) is 3.42. The first-order chi connectivity index (χ1) is 8.72. The number of nitrogens with zero attached hydrogens (tertiary/aromatic N) is 1. The summed E-state index contributed by atoms with van der Waals surface area (Å²) >= 11 is 0. The lowest BCUT2D eigenvalue weighted by molar-refractivity contribution is 0.0657. The van der Waals surface area contributed by atoms with Crippen LogP contribution in [0.3, 0.4) is 0 Å². The fourth-order valence-corrected chi connectivity index (χ4v) is 2.51. The monoisotopic (exact) mass is 256 g/mol. The minimum Gasteiger partial charge on any atom is -0.381 e. The van der Waals surface area contributed by atoms with Crippen LogP contribution in [-0.4, -0.2) is 50.3 Å². The zero-order valence-electron chi connectivity index (χ0n) is 12.6. The molecule has 0 aromatic rings. The maximum Gasteiger partial charge on any atom is 0.0495 e. The van der Waals surface area contributed by atoms with Crippen molar-refractivity contribution in [3.05, 3.63) is 0 Å². The first-order valence-corrected chi connectivity index (χ1v) is 7.75. The van der Waals surface area contributed by atoms with E-state index in [9.17, 15) is 0 Å². The molecule has 1 rings (SSSR count). The summed E-state index contributed by atoms with van der Waals surface area (Å²) in [6.07, 6.45) is 5.06. The van der Waals surface area contributed by atoms with Gasteiger partial charge >= 0.3 is 0 Å². The van der Waals surface area contributed by atoms with Crippen molar-refractivity contribution >= 4 is 0 Å². The van der Waals surface area contributed by atoms with Crippen LogP contribution >= 0.6 is 0 Å². The standard InChI is InChI=1S/C15H32N2O/c1-4-9-17-10-6-15(7-11-17)13-18-12-5-8-16-14(2)3/h14-16H,4-13H2,1-3H3. The lowest BCUT2D eigenvalue weighted by atomic mass is 9.98. The minimum absolute atomic E-state index is 0.591. The molecule has 1 N–H and O–H groups in total. The Morgan fingerprint density at radius 1 is 1.28 bits per heavy atom. The molecule has 0 aromatic heterocycles. The van der Waals surface area contributed by atoms with E-state index in [1.54, 1.807) is 0 Å². The summed E-state index contributed by atoms with van der Waals surface area (Å²) < 4.78 is 5.79. The third-order valence-electron chi connectivity index (χ3n) is 3.62. The number of rotatable bonds is 9. The summed E-state index contributed by atoms with van der Waals surface area (Å²) in [6, 6.07) is 0.591. The zero-order valence-corrected chi connectivity index (χ0v) is 12.6. The van der Waals surface area contributed by atoms with Gasteiger partial charge in [0.25, 0.3) is 0 Å². The van der Waals surface area contributed by atoms with E-state index < -0.39 is 0 Å². The van der Waals surface area contributed by atoms with Crippen LogP contribution in [0.2, 0.25) is 0 Å². The molecule has 0 unspecified atom stereocenters. The van der Waals surface area contributed by atoms with E-state index in [1.165, 1.54) is 38.9 Å². The third kappa shape index (κ3) is 7.34. The van der Waals surface area contributed by atoms with Gasteiger partial charge in [0.15, 0.2) is 0 Å². The average Bonchev–Trinajstić information content (AvgIpc) is 2.35. The summed E-state index contributed by atoms with van der Waals surface area (Å²) in [4.78, 5) is 2.59. The number of ether oxygens (including phenoxy) is 1. The van der Waals surface area contributed by atoms with E-state index in [2.05, 4.69) is 31.0 Å². The Hall–Kier alpha value is -0.120. The molecular weight excluding hydrogens is 224 g/mol. The largest absolute Gasteiger partial charge is 0.381 e. The molecule has 0 atom stereocenters. The summed E-state index contributed by atoms with van der Waals surface area (Å²) in [6.45, 7) is 13.4. The van der Waals surface area contributed by atoms with Gasteiger partial charge in [-0.2, -0.15) is 0 Å². The van der Waals surface area contributed by atoms with Gasteiger partial charge < -0.3 is 15.0 Å². The van der Waals surface area contributed by atoms with Crippen molar-refractivity contribution in [2.45, 2.75) is 52.5 Å². The Morgan fingerprint density at radius 2 is 2.00 bits per heavy atom. The van der Waals surface area contributed by atoms with E-state index in [0.29, 0.717) is 6.04 Å². The summed E-state index contributed by atoms with van der Waals surface area (Å²) in [5.41, 5.74) is 0. The predicted molar refractivity (Wildman–Crippen MR) is 78.0 cm³/mol. The van der Waals surface area contributed by atoms with Crippen LogP contribution in [0.1, 0.15) is 46.5 Å². The van der Waals surface area contributed by atoms with Crippen molar-refractivity contribution in [1.29, 1.82) is 0 Å². The van der Waals surface area contributed by atoms with Gasteiger partial charge in [-0.1, -0.05) is 20.8 Å². The second kappa shape index (κ2) is 9.76. The quantitative estimate of drug-likeness (QED) is 0.642. The number of likely N-dealkylation sites (tertiary alicyclic amines) is 1. The van der Waals surface area contributed by atoms with Gasteiger partial charge in [0.2, 0.25) is 0 Å². The highest BCUT2D eigenvalue weighted by Crippen LogP contribution is 2.17. The second-order valence-corrected chi connectivity index (χ2v) is 5.82. The molecule has 1 aliphatic heterocycles. The molecule has 3 heteroatoms. The predicted octanol–water partition coefficient (Wildman–Crippen LogP) is 2.51. The Kier molecular flexibility index (Phi) is 8.64. The molecule has 1 fully saturated rings. The number of hydrogen-bond acceptors (Lipinski definition) is 3. The number of nitrogens with one attached hydrogen (secondary N) is 1. The van der Waals surface area contributed by atoms with E-state index in [1.807, 2.05) is 0 Å². The molecule has 1 heterocycles. The van der Waals surface area contributed by atoms with Crippen LogP contribution in [0.15, 0.2) is 0 Å². The molecule has 0 aliphatic carbocycles. The van der Waals surface area contributed by atoms with Gasteiger partial charge in [0, 0.05) is 19.3 Å². The molecule has 3 nitrogen and oxygen atoms in total. The van der Waals surface area contributed by atoms with Crippen molar-refractivity contribution in [2.75, 3.05) is 39.4 Å². The molecule has 0 aromatic carbocycles. The van der Waals surface area contributed by atoms with Crippen LogP contribution in [-0.2, 0) is 4.74 Å². The van der Waals surface area contributed by atoms with Crippen LogP contribution < -0.4 is 5.32 Å². The van der Waals surface area contributed by atoms with E-state index in [4.69, 9.17) is 4.74 Å². The van der Waals surface area contributed by atoms with Crippen molar-refractivity contribution in [3.63, 3.8) is 0 Å². The van der Waals surface area contributed by atoms with Gasteiger partial charge in [-0.15, -0.1) is 0 Å². The molecule has 1 saturated heterocycles. The molecule has 18 heavy (non-hydrogen) atoms. The Labute approximate surface area is 113 Å². The topological polar surface area (TPSA) is 24.5 Å². The Morgan fingerprint density at radius 3 is 2.61 bits per heavy atom. The van der Waals surface area contributed by atoms with Gasteiger partial charge in [0.1, 0.15) is 0 Å². The lowest BCUT2D eigenvalue weighted by Gasteiger charge is -2.31. The number of piperidine rings is 1. The fourth-order valence-electron chi connectivity index (χ4n) is 2.51. The minimum atomic E-state index is 0.591. The molecule has 0 radical (unpaired) electrons. The van der Waals surface area contributed by atoms with Crippen molar-refractivity contribution in [2.24, 2.45) is 5.92 Å². The van der Waals surface area contributed by atoms with Crippen LogP contribution in [0.25, 0.3) is 0 Å². The highest BCUT2D eigenvalue weighted by Gasteiger charge is 2.18. The highest BCUT2D eigenvalue weighted by molar-refractivity contribution is 4.71. The van der Waals surface area contributed by atoms with Gasteiger partial charge in [0.05, 0.1) is 0 Å². The molecule has 0 spiro atoms. The van der Waals surface area contributed by atoms with Crippen LogP contribution in [0, 0.1) is 5.92 Å². The molecule has 0 saturated carbocycles. The Bertz CT molecular complexity index is 189. The van der Waals surface area contributed by atoms with Gasteiger partial charge in [-0.05, 0) is 57.8 Å². The molecule has 108 valence electrons. The molecule has 0 amide bonds. The van der Waals surface area contributed by atoms with E-state index >= 15 is 0 Å². The first kappa shape index (κ1) is 15.9. The smallest absolute Gasteiger partial charge is 0.0495 e.